The fourth-order valence-corrected chi connectivity index (χ4v) is 0.886. The zero-order valence-corrected chi connectivity index (χ0v) is 7.35. The van der Waals surface area contributed by atoms with E-state index in [0.29, 0.717) is 0 Å². The van der Waals surface area contributed by atoms with Gasteiger partial charge in [0.2, 0.25) is 0 Å². The van der Waals surface area contributed by atoms with Crippen molar-refractivity contribution >= 4 is 5.97 Å². The van der Waals surface area contributed by atoms with E-state index in [-0.39, 0.29) is 0 Å². The number of nitrogens with zero attached hydrogens (tertiary/aromatic N) is 1. The van der Waals surface area contributed by atoms with Crippen LogP contribution in [-0.2, 0) is 10.5 Å². The van der Waals surface area contributed by atoms with E-state index in [9.17, 15) is 14.4 Å². The molecule has 0 aliphatic carbocycles. The summed E-state index contributed by atoms with van der Waals surface area (Å²) in [6.07, 6.45) is 1.04. The van der Waals surface area contributed by atoms with Gasteiger partial charge in [-0.3, -0.25) is 20.1 Å². The molecular weight excluding hydrogens is 190 g/mol. The lowest BCUT2D eigenvalue weighted by Gasteiger charge is -2.21. The smallest absolute Gasteiger partial charge is 0.344 e. The summed E-state index contributed by atoms with van der Waals surface area (Å²) in [6.45, 7) is 1.15. The van der Waals surface area contributed by atoms with Crippen molar-refractivity contribution in [2.24, 2.45) is 5.73 Å². The Hall–Kier alpha value is -1.89. The summed E-state index contributed by atoms with van der Waals surface area (Å²) in [4.78, 5) is 34.4. The van der Waals surface area contributed by atoms with Gasteiger partial charge >= 0.3 is 11.7 Å². The Labute approximate surface area is 77.8 Å². The lowest BCUT2D eigenvalue weighted by molar-refractivity contribution is -0.146. The third kappa shape index (κ3) is 1.57. The molecule has 1 aromatic rings. The summed E-state index contributed by atoms with van der Waals surface area (Å²) in [6, 6.07) is 1.02. The second-order valence-electron chi connectivity index (χ2n) is 2.93. The molecule has 7 heteroatoms. The minimum Gasteiger partial charge on any atom is -0.478 e. The van der Waals surface area contributed by atoms with Crippen LogP contribution in [0.3, 0.4) is 0 Å². The molecule has 0 saturated heterocycles. The molecule has 0 aromatic carbocycles. The van der Waals surface area contributed by atoms with E-state index in [1.807, 2.05) is 4.98 Å². The first-order chi connectivity index (χ1) is 6.35. The molecule has 0 bridgehead atoms. The van der Waals surface area contributed by atoms with Gasteiger partial charge in [-0.05, 0) is 6.92 Å². The van der Waals surface area contributed by atoms with E-state index in [4.69, 9.17) is 10.8 Å². The molecule has 1 aromatic heterocycles. The lowest BCUT2D eigenvalue weighted by Crippen LogP contribution is -2.53. The monoisotopic (exact) mass is 199 g/mol. The summed E-state index contributed by atoms with van der Waals surface area (Å²) >= 11 is 0. The van der Waals surface area contributed by atoms with E-state index >= 15 is 0 Å². The van der Waals surface area contributed by atoms with Crippen LogP contribution in [0, 0.1) is 0 Å². The van der Waals surface area contributed by atoms with Crippen LogP contribution >= 0.6 is 0 Å². The number of hydrogen-bond acceptors (Lipinski definition) is 4. The number of aliphatic carboxylic acids is 1. The zero-order valence-electron chi connectivity index (χ0n) is 7.35. The van der Waals surface area contributed by atoms with Gasteiger partial charge in [0.1, 0.15) is 0 Å². The third-order valence-electron chi connectivity index (χ3n) is 1.76. The highest BCUT2D eigenvalue weighted by Gasteiger charge is 2.30. The maximum absolute atomic E-state index is 11.2. The number of hydrogen-bond donors (Lipinski definition) is 3. The molecule has 0 amide bonds. The number of carbonyl (C=O) groups is 1. The second-order valence-corrected chi connectivity index (χ2v) is 2.93. The van der Waals surface area contributed by atoms with Gasteiger partial charge < -0.3 is 5.11 Å². The van der Waals surface area contributed by atoms with Gasteiger partial charge in [-0.2, -0.15) is 0 Å². The highest BCUT2D eigenvalue weighted by Crippen LogP contribution is 2.02. The molecule has 14 heavy (non-hydrogen) atoms. The van der Waals surface area contributed by atoms with Gasteiger partial charge in [-0.25, -0.2) is 9.59 Å². The first-order valence-corrected chi connectivity index (χ1v) is 3.70. The number of nitrogens with one attached hydrogen (secondary N) is 1. The van der Waals surface area contributed by atoms with Gasteiger partial charge in [0, 0.05) is 12.3 Å². The Balaban J connectivity index is 3.41. The van der Waals surface area contributed by atoms with Gasteiger partial charge in [-0.15, -0.1) is 0 Å². The quantitative estimate of drug-likeness (QED) is 0.522. The van der Waals surface area contributed by atoms with Gasteiger partial charge in [0.05, 0.1) is 0 Å². The lowest BCUT2D eigenvalue weighted by atomic mass is 10.2. The van der Waals surface area contributed by atoms with E-state index in [1.54, 1.807) is 0 Å². The standard InChI is InChI=1S/C7H9N3O4/c1-7(8,5(12)13)10-3-2-4(11)9-6(10)14/h2-3H,8H2,1H3,(H,12,13)(H,9,11,14)/t7-/m0/s1. The van der Waals surface area contributed by atoms with Gasteiger partial charge in [-0.1, -0.05) is 0 Å². The van der Waals surface area contributed by atoms with Crippen LogP contribution in [0.4, 0.5) is 0 Å². The fourth-order valence-electron chi connectivity index (χ4n) is 0.886. The normalized spacial score (nSPS) is 14.7. The molecule has 76 valence electrons. The van der Waals surface area contributed by atoms with Crippen molar-refractivity contribution in [1.29, 1.82) is 0 Å². The Morgan fingerprint density at radius 1 is 1.64 bits per heavy atom. The van der Waals surface area contributed by atoms with Crippen molar-refractivity contribution in [3.8, 4) is 0 Å². The van der Waals surface area contributed by atoms with Crippen LogP contribution in [0.25, 0.3) is 0 Å². The van der Waals surface area contributed by atoms with Crippen LogP contribution in [0.15, 0.2) is 21.9 Å². The summed E-state index contributed by atoms with van der Waals surface area (Å²) in [7, 11) is 0. The molecule has 1 atom stereocenters. The minimum absolute atomic E-state index is 0.604. The number of aromatic amines is 1. The van der Waals surface area contributed by atoms with Crippen molar-refractivity contribution in [3.05, 3.63) is 33.1 Å². The first kappa shape index (κ1) is 10.2. The van der Waals surface area contributed by atoms with Crippen molar-refractivity contribution in [2.75, 3.05) is 0 Å². The van der Waals surface area contributed by atoms with Crippen LogP contribution in [0.5, 0.6) is 0 Å². The van der Waals surface area contributed by atoms with E-state index in [2.05, 4.69) is 0 Å². The summed E-state index contributed by atoms with van der Waals surface area (Å²) in [5, 5.41) is 8.71. The van der Waals surface area contributed by atoms with E-state index in [1.165, 1.54) is 0 Å². The third-order valence-corrected chi connectivity index (χ3v) is 1.76. The van der Waals surface area contributed by atoms with Gasteiger partial charge in [0.25, 0.3) is 5.56 Å². The van der Waals surface area contributed by atoms with Crippen LogP contribution in [0.2, 0.25) is 0 Å². The highest BCUT2D eigenvalue weighted by molar-refractivity contribution is 5.75. The molecule has 0 radical (unpaired) electrons. The fraction of sp³-hybridized carbons (Fsp3) is 0.286. The summed E-state index contributed by atoms with van der Waals surface area (Å²) < 4.78 is 0.733. The summed E-state index contributed by atoms with van der Waals surface area (Å²) in [5.41, 5.74) is 2.04. The van der Waals surface area contributed by atoms with Crippen molar-refractivity contribution in [1.82, 2.24) is 9.55 Å². The Bertz CT molecular complexity index is 470. The highest BCUT2D eigenvalue weighted by atomic mass is 16.4. The molecule has 1 rings (SSSR count). The predicted molar refractivity (Wildman–Crippen MR) is 46.8 cm³/mol. The van der Waals surface area contributed by atoms with Crippen molar-refractivity contribution in [3.63, 3.8) is 0 Å². The number of rotatable bonds is 2. The molecule has 0 unspecified atom stereocenters. The molecule has 1 heterocycles. The molecule has 0 spiro atoms. The zero-order chi connectivity index (χ0) is 10.9. The largest absolute Gasteiger partial charge is 0.478 e. The number of H-pyrrole nitrogens is 1. The molecule has 0 saturated carbocycles. The average molecular weight is 199 g/mol. The number of carboxylic acid groups (broad SMARTS) is 1. The van der Waals surface area contributed by atoms with Crippen LogP contribution < -0.4 is 17.0 Å². The molecule has 4 N–H and O–H groups in total. The average Bonchev–Trinajstić information content (AvgIpc) is 2.02. The number of nitrogens with two attached hydrogens (primary N) is 1. The number of carboxylic acids is 1. The Kier molecular flexibility index (Phi) is 2.26. The SMILES string of the molecule is C[C@@](N)(C(=O)O)n1ccc(=O)[nH]c1=O. The molecule has 0 fully saturated rings. The molecule has 0 aliphatic heterocycles. The molecular formula is C7H9N3O4. The molecule has 0 aliphatic rings. The first-order valence-electron chi connectivity index (χ1n) is 3.70. The Morgan fingerprint density at radius 3 is 2.64 bits per heavy atom. The molecule has 7 nitrogen and oxygen atoms in total. The van der Waals surface area contributed by atoms with E-state index < -0.39 is 22.9 Å². The second kappa shape index (κ2) is 3.11. The maximum atomic E-state index is 11.2. The van der Waals surface area contributed by atoms with E-state index in [0.717, 1.165) is 23.8 Å². The maximum Gasteiger partial charge on any atom is 0.344 e. The van der Waals surface area contributed by atoms with Gasteiger partial charge in [0.15, 0.2) is 5.66 Å². The minimum atomic E-state index is -1.87. The van der Waals surface area contributed by atoms with Crippen LogP contribution in [-0.4, -0.2) is 20.6 Å². The van der Waals surface area contributed by atoms with Crippen molar-refractivity contribution in [2.45, 2.75) is 12.6 Å². The van der Waals surface area contributed by atoms with Crippen LogP contribution in [0.1, 0.15) is 6.92 Å². The van der Waals surface area contributed by atoms with Crippen molar-refractivity contribution < 1.29 is 9.90 Å². The number of aromatic nitrogens is 2. The summed E-state index contributed by atoms with van der Waals surface area (Å²) in [5.74, 6) is -1.37. The topological polar surface area (TPSA) is 118 Å². The predicted octanol–water partition coefficient (Wildman–Crippen LogP) is -1.75. The Morgan fingerprint density at radius 2 is 2.21 bits per heavy atom.